The molecule has 1 aliphatic heterocycles. The number of hydrogen-bond donors (Lipinski definition) is 0. The van der Waals surface area contributed by atoms with Crippen molar-refractivity contribution in [1.29, 1.82) is 0 Å². The molecule has 0 unspecified atom stereocenters. The lowest BCUT2D eigenvalue weighted by Gasteiger charge is -2.26. The fourth-order valence-electron chi connectivity index (χ4n) is 3.79. The highest BCUT2D eigenvalue weighted by molar-refractivity contribution is 9.10. The minimum absolute atomic E-state index is 0.183. The van der Waals surface area contributed by atoms with Crippen molar-refractivity contribution < 1.29 is 19.2 Å². The summed E-state index contributed by atoms with van der Waals surface area (Å²) in [6.45, 7) is 7.34. The van der Waals surface area contributed by atoms with Gasteiger partial charge in [0, 0.05) is 40.7 Å². The van der Waals surface area contributed by atoms with E-state index in [1.54, 1.807) is 23.1 Å². The topological polar surface area (TPSA) is 129 Å². The molecule has 194 valence electrons. The molecule has 3 aromatic rings. The number of non-ortho nitro benzene ring substituents is 1. The Bertz CT molecular complexity index is 1440. The van der Waals surface area contributed by atoms with Gasteiger partial charge in [-0.1, -0.05) is 36.7 Å². The quantitative estimate of drug-likeness (QED) is 0.251. The third-order valence-corrected chi connectivity index (χ3v) is 6.20. The zero-order valence-corrected chi connectivity index (χ0v) is 22.2. The standard InChI is InChI=1S/C25H26BrN5O6/c1-25(2,3)24-28-20-6-4-17(26)13-19(20)23(33)30(24)27-14-16-12-18(31(34)35)5-7-21(16)37-15-22(32)29-8-10-36-11-9-29/h4-7,12-14H,8-11,15H2,1-3H3. The predicted molar refractivity (Wildman–Crippen MR) is 141 cm³/mol. The molecule has 37 heavy (non-hydrogen) atoms. The van der Waals surface area contributed by atoms with E-state index in [4.69, 9.17) is 9.47 Å². The Morgan fingerprint density at radius 3 is 2.65 bits per heavy atom. The van der Waals surface area contributed by atoms with Gasteiger partial charge in [0.25, 0.3) is 17.2 Å². The second-order valence-electron chi connectivity index (χ2n) is 9.47. The molecule has 0 saturated carbocycles. The van der Waals surface area contributed by atoms with Crippen molar-refractivity contribution in [3.63, 3.8) is 0 Å². The molecule has 0 bridgehead atoms. The fraction of sp³-hybridized carbons (Fsp3) is 0.360. The Labute approximate surface area is 221 Å². The monoisotopic (exact) mass is 571 g/mol. The summed E-state index contributed by atoms with van der Waals surface area (Å²) in [5.41, 5.74) is -0.333. The van der Waals surface area contributed by atoms with Crippen LogP contribution in [0.15, 0.2) is 50.8 Å². The van der Waals surface area contributed by atoms with Crippen LogP contribution in [0.5, 0.6) is 5.75 Å². The van der Waals surface area contributed by atoms with Crippen molar-refractivity contribution >= 4 is 44.6 Å². The normalized spacial score (nSPS) is 14.3. The highest BCUT2D eigenvalue weighted by Gasteiger charge is 2.23. The fourth-order valence-corrected chi connectivity index (χ4v) is 4.15. The second-order valence-corrected chi connectivity index (χ2v) is 10.4. The molecule has 1 fully saturated rings. The van der Waals surface area contributed by atoms with Gasteiger partial charge in [0.15, 0.2) is 6.61 Å². The van der Waals surface area contributed by atoms with E-state index >= 15 is 0 Å². The second kappa shape index (κ2) is 10.8. The Balaban J connectivity index is 1.73. The first-order valence-electron chi connectivity index (χ1n) is 11.6. The van der Waals surface area contributed by atoms with E-state index in [2.05, 4.69) is 26.0 Å². The number of halogens is 1. The van der Waals surface area contributed by atoms with Crippen LogP contribution in [0.1, 0.15) is 32.2 Å². The van der Waals surface area contributed by atoms with Crippen LogP contribution in [0, 0.1) is 10.1 Å². The number of aromatic nitrogens is 2. The maximum Gasteiger partial charge on any atom is 0.282 e. The Kier molecular flexibility index (Phi) is 7.69. The van der Waals surface area contributed by atoms with Crippen molar-refractivity contribution in [2.24, 2.45) is 5.10 Å². The van der Waals surface area contributed by atoms with Crippen molar-refractivity contribution in [3.05, 3.63) is 72.7 Å². The summed E-state index contributed by atoms with van der Waals surface area (Å²) in [6, 6.07) is 9.21. The SMILES string of the molecule is CC(C)(C)c1nc2ccc(Br)cc2c(=O)n1N=Cc1cc([N+](=O)[O-])ccc1OCC(=O)N1CCOCC1. The molecule has 4 rings (SSSR count). The van der Waals surface area contributed by atoms with Crippen molar-refractivity contribution in [1.82, 2.24) is 14.6 Å². The van der Waals surface area contributed by atoms with Gasteiger partial charge in [0.05, 0.1) is 35.3 Å². The van der Waals surface area contributed by atoms with Crippen molar-refractivity contribution in [3.8, 4) is 5.75 Å². The Hall–Kier alpha value is -3.64. The smallest absolute Gasteiger partial charge is 0.282 e. The first kappa shape index (κ1) is 26.4. The van der Waals surface area contributed by atoms with Gasteiger partial charge in [-0.05, 0) is 24.3 Å². The maximum absolute atomic E-state index is 13.4. The average molecular weight is 572 g/mol. The van der Waals surface area contributed by atoms with Gasteiger partial charge in [-0.2, -0.15) is 9.78 Å². The van der Waals surface area contributed by atoms with Crippen molar-refractivity contribution in [2.45, 2.75) is 26.2 Å². The van der Waals surface area contributed by atoms with E-state index in [-0.39, 0.29) is 35.1 Å². The molecule has 11 nitrogen and oxygen atoms in total. The maximum atomic E-state index is 13.4. The lowest BCUT2D eigenvalue weighted by Crippen LogP contribution is -2.43. The van der Waals surface area contributed by atoms with E-state index < -0.39 is 10.3 Å². The van der Waals surface area contributed by atoms with E-state index in [1.165, 1.54) is 29.1 Å². The van der Waals surface area contributed by atoms with Gasteiger partial charge in [-0.25, -0.2) is 4.98 Å². The predicted octanol–water partition coefficient (Wildman–Crippen LogP) is 3.48. The van der Waals surface area contributed by atoms with E-state index in [0.29, 0.717) is 43.0 Å². The summed E-state index contributed by atoms with van der Waals surface area (Å²) in [4.78, 5) is 43.1. The number of ether oxygens (including phenoxy) is 2. The summed E-state index contributed by atoms with van der Waals surface area (Å²) in [7, 11) is 0. The van der Waals surface area contributed by atoms with Crippen LogP contribution in [0.2, 0.25) is 0 Å². The molecule has 1 aromatic heterocycles. The number of nitro groups is 1. The van der Waals surface area contributed by atoms with Crippen molar-refractivity contribution in [2.75, 3.05) is 32.9 Å². The third kappa shape index (κ3) is 6.03. The number of carbonyl (C=O) groups excluding carboxylic acids is 1. The number of morpholine rings is 1. The summed E-state index contributed by atoms with van der Waals surface area (Å²) in [5.74, 6) is 0.414. The molecule has 2 aromatic carbocycles. The van der Waals surface area contributed by atoms with Crippen LogP contribution < -0.4 is 10.3 Å². The van der Waals surface area contributed by atoms with Crippen LogP contribution in [0.25, 0.3) is 10.9 Å². The van der Waals surface area contributed by atoms with Gasteiger partial charge in [-0.15, -0.1) is 0 Å². The number of benzene rings is 2. The molecule has 1 aliphatic rings. The largest absolute Gasteiger partial charge is 0.483 e. The molecule has 0 radical (unpaired) electrons. The molecule has 12 heteroatoms. The summed E-state index contributed by atoms with van der Waals surface area (Å²) >= 11 is 3.38. The lowest BCUT2D eigenvalue weighted by molar-refractivity contribution is -0.384. The number of amides is 1. The van der Waals surface area contributed by atoms with Crippen LogP contribution >= 0.6 is 15.9 Å². The van der Waals surface area contributed by atoms with E-state index in [9.17, 15) is 19.7 Å². The zero-order chi connectivity index (χ0) is 26.7. The minimum Gasteiger partial charge on any atom is -0.483 e. The highest BCUT2D eigenvalue weighted by Crippen LogP contribution is 2.25. The van der Waals surface area contributed by atoms with E-state index in [0.717, 1.165) is 4.47 Å². The molecule has 1 saturated heterocycles. The van der Waals surface area contributed by atoms with Crippen LogP contribution in [0.3, 0.4) is 0 Å². The molecular weight excluding hydrogens is 546 g/mol. The number of hydrogen-bond acceptors (Lipinski definition) is 8. The molecule has 0 aliphatic carbocycles. The number of rotatable bonds is 6. The van der Waals surface area contributed by atoms with Gasteiger partial charge < -0.3 is 14.4 Å². The molecular formula is C25H26BrN5O6. The molecule has 0 atom stereocenters. The number of nitro benzene ring substituents is 1. The molecule has 0 spiro atoms. The van der Waals surface area contributed by atoms with Gasteiger partial charge in [0.1, 0.15) is 11.6 Å². The molecule has 2 heterocycles. The zero-order valence-electron chi connectivity index (χ0n) is 20.6. The summed E-state index contributed by atoms with van der Waals surface area (Å²) in [5, 5.41) is 16.2. The average Bonchev–Trinajstić information content (AvgIpc) is 2.87. The Morgan fingerprint density at radius 2 is 1.97 bits per heavy atom. The number of fused-ring (bicyclic) bond motifs is 1. The first-order chi connectivity index (χ1) is 17.5. The summed E-state index contributed by atoms with van der Waals surface area (Å²) in [6.07, 6.45) is 1.31. The Morgan fingerprint density at radius 1 is 1.24 bits per heavy atom. The van der Waals surface area contributed by atoms with Crippen LogP contribution in [-0.4, -0.2) is 64.5 Å². The molecule has 1 amide bonds. The lowest BCUT2D eigenvalue weighted by atomic mass is 9.95. The number of carbonyl (C=O) groups is 1. The third-order valence-electron chi connectivity index (χ3n) is 5.71. The highest BCUT2D eigenvalue weighted by atomic mass is 79.9. The van der Waals surface area contributed by atoms with Crippen LogP contribution in [-0.2, 0) is 14.9 Å². The van der Waals surface area contributed by atoms with E-state index in [1.807, 2.05) is 20.8 Å². The van der Waals surface area contributed by atoms with Gasteiger partial charge >= 0.3 is 0 Å². The van der Waals surface area contributed by atoms with Gasteiger partial charge in [0.2, 0.25) is 0 Å². The van der Waals surface area contributed by atoms with Crippen LogP contribution in [0.4, 0.5) is 5.69 Å². The first-order valence-corrected chi connectivity index (χ1v) is 12.4. The summed E-state index contributed by atoms with van der Waals surface area (Å²) < 4.78 is 12.9. The van der Waals surface area contributed by atoms with Gasteiger partial charge in [-0.3, -0.25) is 19.7 Å². The molecule has 0 N–H and O–H groups in total. The number of nitrogens with zero attached hydrogens (tertiary/aromatic N) is 5. The minimum atomic E-state index is -0.540.